The Bertz CT molecular complexity index is 747. The third kappa shape index (κ3) is 4.89. The first-order chi connectivity index (χ1) is 10.8. The second-order valence-electron chi connectivity index (χ2n) is 6.45. The lowest BCUT2D eigenvalue weighted by molar-refractivity contribution is -0.132. The van der Waals surface area contributed by atoms with Gasteiger partial charge in [0.15, 0.2) is 0 Å². The number of carbonyl (C=O) groups is 1. The highest BCUT2D eigenvalue weighted by Gasteiger charge is 2.19. The zero-order chi connectivity index (χ0) is 17.0. The summed E-state index contributed by atoms with van der Waals surface area (Å²) in [6.07, 6.45) is 1.47. The van der Waals surface area contributed by atoms with E-state index in [0.29, 0.717) is 36.0 Å². The minimum Gasteiger partial charge on any atom is -0.389 e. The van der Waals surface area contributed by atoms with Crippen molar-refractivity contribution in [3.8, 4) is 0 Å². The van der Waals surface area contributed by atoms with Gasteiger partial charge in [-0.05, 0) is 32.4 Å². The molecule has 1 aromatic heterocycles. The molecule has 1 amide bonds. The van der Waals surface area contributed by atoms with E-state index in [1.165, 1.54) is 4.90 Å². The van der Waals surface area contributed by atoms with E-state index >= 15 is 0 Å². The van der Waals surface area contributed by atoms with Crippen LogP contribution in [0.1, 0.15) is 32.5 Å². The summed E-state index contributed by atoms with van der Waals surface area (Å²) in [4.78, 5) is 32.7. The largest absolute Gasteiger partial charge is 0.389 e. The van der Waals surface area contributed by atoms with Crippen molar-refractivity contribution in [3.63, 3.8) is 0 Å². The second-order valence-corrected chi connectivity index (χ2v) is 6.45. The molecule has 0 aliphatic heterocycles. The summed E-state index contributed by atoms with van der Waals surface area (Å²) < 4.78 is 0. The maximum Gasteiger partial charge on any atom is 0.258 e. The number of nitrogens with one attached hydrogen (secondary N) is 1. The van der Waals surface area contributed by atoms with E-state index in [2.05, 4.69) is 9.97 Å². The van der Waals surface area contributed by atoms with Gasteiger partial charge in [-0.25, -0.2) is 4.98 Å². The van der Waals surface area contributed by atoms with Gasteiger partial charge in [-0.1, -0.05) is 12.1 Å². The number of fused-ring (bicyclic) bond motifs is 1. The van der Waals surface area contributed by atoms with Crippen LogP contribution in [0.4, 0.5) is 0 Å². The van der Waals surface area contributed by atoms with E-state index in [1.807, 2.05) is 6.07 Å². The molecule has 2 aromatic rings. The van der Waals surface area contributed by atoms with E-state index < -0.39 is 5.60 Å². The van der Waals surface area contributed by atoms with Gasteiger partial charge in [0.25, 0.3) is 5.56 Å². The van der Waals surface area contributed by atoms with Crippen molar-refractivity contribution in [2.75, 3.05) is 13.6 Å². The fraction of sp³-hybridized carbons (Fsp3) is 0.471. The fourth-order valence-corrected chi connectivity index (χ4v) is 2.52. The number of nitrogens with zero attached hydrogens (tertiary/aromatic N) is 2. The number of aryl methyl sites for hydroxylation is 1. The Hall–Kier alpha value is -2.21. The zero-order valence-corrected chi connectivity index (χ0v) is 13.8. The van der Waals surface area contributed by atoms with Crippen LogP contribution in [0.5, 0.6) is 0 Å². The van der Waals surface area contributed by atoms with Gasteiger partial charge in [0, 0.05) is 26.4 Å². The van der Waals surface area contributed by atoms with Crippen LogP contribution in [0.3, 0.4) is 0 Å². The van der Waals surface area contributed by atoms with Crippen molar-refractivity contribution in [2.45, 2.75) is 38.7 Å². The summed E-state index contributed by atoms with van der Waals surface area (Å²) in [5.74, 6) is 0.557. The van der Waals surface area contributed by atoms with Gasteiger partial charge in [-0.3, -0.25) is 9.59 Å². The molecule has 0 radical (unpaired) electrons. The normalized spacial score (nSPS) is 11.7. The van der Waals surface area contributed by atoms with Crippen molar-refractivity contribution >= 4 is 16.8 Å². The molecule has 0 bridgehead atoms. The Kier molecular flexibility index (Phi) is 5.15. The van der Waals surface area contributed by atoms with E-state index in [-0.39, 0.29) is 18.0 Å². The van der Waals surface area contributed by atoms with E-state index in [0.717, 1.165) is 0 Å². The van der Waals surface area contributed by atoms with E-state index in [9.17, 15) is 14.7 Å². The number of para-hydroxylation sites is 1. The number of aromatic amines is 1. The van der Waals surface area contributed by atoms with Crippen molar-refractivity contribution in [2.24, 2.45) is 0 Å². The molecular formula is C17H23N3O3. The molecular weight excluding hydrogens is 294 g/mol. The summed E-state index contributed by atoms with van der Waals surface area (Å²) in [5.41, 5.74) is -0.400. The van der Waals surface area contributed by atoms with Gasteiger partial charge in [0.05, 0.1) is 16.5 Å². The summed E-state index contributed by atoms with van der Waals surface area (Å²) >= 11 is 0. The molecule has 23 heavy (non-hydrogen) atoms. The van der Waals surface area contributed by atoms with Crippen LogP contribution < -0.4 is 5.56 Å². The molecule has 124 valence electrons. The summed E-state index contributed by atoms with van der Waals surface area (Å²) in [6, 6.07) is 7.18. The van der Waals surface area contributed by atoms with Crippen LogP contribution in [-0.4, -0.2) is 45.1 Å². The molecule has 6 nitrogen and oxygen atoms in total. The van der Waals surface area contributed by atoms with Crippen LogP contribution in [0.15, 0.2) is 29.1 Å². The molecule has 0 unspecified atom stereocenters. The Morgan fingerprint density at radius 2 is 2.04 bits per heavy atom. The van der Waals surface area contributed by atoms with E-state index in [4.69, 9.17) is 0 Å². The molecule has 0 saturated heterocycles. The second kappa shape index (κ2) is 6.91. The van der Waals surface area contributed by atoms with Crippen molar-refractivity contribution < 1.29 is 9.90 Å². The quantitative estimate of drug-likeness (QED) is 0.845. The van der Waals surface area contributed by atoms with Crippen LogP contribution >= 0.6 is 0 Å². The maximum absolute atomic E-state index is 12.0. The van der Waals surface area contributed by atoms with Crippen molar-refractivity contribution in [1.82, 2.24) is 14.9 Å². The Balaban J connectivity index is 1.94. The predicted octanol–water partition coefficient (Wildman–Crippen LogP) is 1.48. The van der Waals surface area contributed by atoms with Crippen LogP contribution in [0, 0.1) is 0 Å². The first-order valence-electron chi connectivity index (χ1n) is 7.70. The summed E-state index contributed by atoms with van der Waals surface area (Å²) in [6.45, 7) is 3.62. The number of aromatic nitrogens is 2. The molecule has 0 atom stereocenters. The van der Waals surface area contributed by atoms with Crippen molar-refractivity contribution in [3.05, 3.63) is 40.4 Å². The van der Waals surface area contributed by atoms with Gasteiger partial charge in [0.2, 0.25) is 5.91 Å². The van der Waals surface area contributed by atoms with Crippen molar-refractivity contribution in [1.29, 1.82) is 0 Å². The number of amides is 1. The average Bonchev–Trinajstić information content (AvgIpc) is 2.45. The number of aliphatic hydroxyl groups is 1. The Morgan fingerprint density at radius 1 is 1.35 bits per heavy atom. The lowest BCUT2D eigenvalue weighted by Crippen LogP contribution is -2.39. The predicted molar refractivity (Wildman–Crippen MR) is 89.2 cm³/mol. The van der Waals surface area contributed by atoms with Gasteiger partial charge in [-0.15, -0.1) is 0 Å². The molecule has 6 heteroatoms. The first kappa shape index (κ1) is 17.1. The summed E-state index contributed by atoms with van der Waals surface area (Å²) in [5, 5.41) is 10.3. The summed E-state index contributed by atoms with van der Waals surface area (Å²) in [7, 11) is 1.68. The number of hydrogen-bond donors (Lipinski definition) is 2. The lowest BCUT2D eigenvalue weighted by Gasteiger charge is -2.25. The molecule has 1 heterocycles. The highest BCUT2D eigenvalue weighted by atomic mass is 16.3. The molecule has 1 aromatic carbocycles. The first-order valence-corrected chi connectivity index (χ1v) is 7.70. The smallest absolute Gasteiger partial charge is 0.258 e. The molecule has 0 saturated carbocycles. The Labute approximate surface area is 135 Å². The minimum atomic E-state index is -0.907. The maximum atomic E-state index is 12.0. The molecule has 2 rings (SSSR count). The third-order valence-electron chi connectivity index (χ3n) is 3.52. The van der Waals surface area contributed by atoms with Crippen LogP contribution in [0.2, 0.25) is 0 Å². The minimum absolute atomic E-state index is 0.0322. The van der Waals surface area contributed by atoms with Gasteiger partial charge < -0.3 is 15.0 Å². The zero-order valence-electron chi connectivity index (χ0n) is 13.8. The molecule has 2 N–H and O–H groups in total. The highest BCUT2D eigenvalue weighted by Crippen LogP contribution is 2.09. The average molecular weight is 317 g/mol. The molecule has 0 aliphatic rings. The molecule has 0 fully saturated rings. The van der Waals surface area contributed by atoms with Gasteiger partial charge in [-0.2, -0.15) is 0 Å². The third-order valence-corrected chi connectivity index (χ3v) is 3.52. The van der Waals surface area contributed by atoms with Gasteiger partial charge >= 0.3 is 0 Å². The fourth-order valence-electron chi connectivity index (χ4n) is 2.52. The molecule has 0 spiro atoms. The number of rotatable bonds is 6. The topological polar surface area (TPSA) is 86.3 Å². The monoisotopic (exact) mass is 317 g/mol. The SMILES string of the molecule is CN(CC(C)(C)O)C(=O)CCCc1nc2ccccc2c(=O)[nH]1. The number of hydrogen-bond acceptors (Lipinski definition) is 4. The van der Waals surface area contributed by atoms with Crippen LogP contribution in [0.25, 0.3) is 10.9 Å². The number of carbonyl (C=O) groups excluding carboxylic acids is 1. The standard InChI is InChI=1S/C17H23N3O3/c1-17(2,23)11-20(3)15(21)10-6-9-14-18-13-8-5-4-7-12(13)16(22)19-14/h4-5,7-8,23H,6,9-11H2,1-3H3,(H,18,19,22). The van der Waals surface area contributed by atoms with Gasteiger partial charge in [0.1, 0.15) is 5.82 Å². The highest BCUT2D eigenvalue weighted by molar-refractivity contribution is 5.77. The number of H-pyrrole nitrogens is 1. The molecule has 0 aliphatic carbocycles. The number of benzene rings is 1. The van der Waals surface area contributed by atoms with E-state index in [1.54, 1.807) is 39.1 Å². The Morgan fingerprint density at radius 3 is 2.74 bits per heavy atom. The number of likely N-dealkylation sites (N-methyl/N-ethyl adjacent to an activating group) is 1. The lowest BCUT2D eigenvalue weighted by atomic mass is 10.1. The van der Waals surface area contributed by atoms with Crippen LogP contribution in [-0.2, 0) is 11.2 Å².